The monoisotopic (exact) mass is 433 g/mol. The highest BCUT2D eigenvalue weighted by Gasteiger charge is 2.19. The number of aryl methyl sites for hydroxylation is 1. The third kappa shape index (κ3) is 4.58. The molecule has 0 radical (unpaired) electrons. The van der Waals surface area contributed by atoms with Crippen LogP contribution in [0.2, 0.25) is 10.0 Å². The summed E-state index contributed by atoms with van der Waals surface area (Å²) < 4.78 is 6.16. The molecule has 9 heteroatoms. The van der Waals surface area contributed by atoms with Crippen LogP contribution < -0.4 is 10.9 Å². The molecule has 150 valence electrons. The van der Waals surface area contributed by atoms with E-state index in [0.29, 0.717) is 26.4 Å². The molecule has 1 heterocycles. The summed E-state index contributed by atoms with van der Waals surface area (Å²) in [6.07, 6.45) is 0. The van der Waals surface area contributed by atoms with E-state index in [1.54, 1.807) is 49.4 Å². The minimum atomic E-state index is -0.802. The second-order valence-corrected chi connectivity index (χ2v) is 7.20. The fraction of sp³-hybridized carbons (Fsp3) is 0.200. The quantitative estimate of drug-likeness (QED) is 0.623. The van der Waals surface area contributed by atoms with Gasteiger partial charge in [0, 0.05) is 22.5 Å². The van der Waals surface area contributed by atoms with E-state index in [2.05, 4.69) is 10.4 Å². The Bertz CT molecular complexity index is 1160. The highest BCUT2D eigenvalue weighted by molar-refractivity contribution is 6.35. The van der Waals surface area contributed by atoms with Gasteiger partial charge in [0.05, 0.1) is 11.4 Å². The molecule has 0 spiro atoms. The molecule has 7 nitrogen and oxygen atoms in total. The van der Waals surface area contributed by atoms with Gasteiger partial charge in [0.25, 0.3) is 11.5 Å². The first-order valence-electron chi connectivity index (χ1n) is 8.65. The molecule has 1 aromatic heterocycles. The maximum absolute atomic E-state index is 12.5. The smallest absolute Gasteiger partial charge is 0.359 e. The Morgan fingerprint density at radius 1 is 1.17 bits per heavy atom. The van der Waals surface area contributed by atoms with Gasteiger partial charge in [0.15, 0.2) is 12.3 Å². The molecule has 0 aliphatic rings. The molecule has 29 heavy (non-hydrogen) atoms. The molecule has 1 unspecified atom stereocenters. The first-order chi connectivity index (χ1) is 13.8. The Hall–Kier alpha value is -2.90. The molecule has 0 saturated carbocycles. The minimum Gasteiger partial charge on any atom is -0.451 e. The zero-order valence-corrected chi connectivity index (χ0v) is 17.1. The Morgan fingerprint density at radius 2 is 1.86 bits per heavy atom. The average Bonchev–Trinajstić information content (AvgIpc) is 2.68. The largest absolute Gasteiger partial charge is 0.451 e. The number of hydrogen-bond donors (Lipinski definition) is 1. The van der Waals surface area contributed by atoms with Crippen molar-refractivity contribution in [2.24, 2.45) is 7.05 Å². The van der Waals surface area contributed by atoms with Crippen LogP contribution in [-0.4, -0.2) is 28.3 Å². The van der Waals surface area contributed by atoms with E-state index in [0.717, 1.165) is 4.68 Å². The average molecular weight is 434 g/mol. The van der Waals surface area contributed by atoms with E-state index >= 15 is 0 Å². The van der Waals surface area contributed by atoms with Gasteiger partial charge in [-0.1, -0.05) is 47.5 Å². The zero-order chi connectivity index (χ0) is 21.1. The Labute approximate surface area is 176 Å². The summed E-state index contributed by atoms with van der Waals surface area (Å²) in [5.74, 6) is -1.31. The number of halogens is 2. The minimum absolute atomic E-state index is 0.0377. The fourth-order valence-electron chi connectivity index (χ4n) is 2.86. The highest BCUT2D eigenvalue weighted by Crippen LogP contribution is 2.26. The summed E-state index contributed by atoms with van der Waals surface area (Å²) in [6.45, 7) is 1.24. The molecule has 0 fully saturated rings. The summed E-state index contributed by atoms with van der Waals surface area (Å²) in [5.41, 5.74) is 0.314. The number of fused-ring (bicyclic) bond motifs is 1. The van der Waals surface area contributed by atoms with Crippen molar-refractivity contribution in [1.82, 2.24) is 15.1 Å². The summed E-state index contributed by atoms with van der Waals surface area (Å²) in [7, 11) is 1.44. The van der Waals surface area contributed by atoms with Crippen LogP contribution in [0.5, 0.6) is 0 Å². The van der Waals surface area contributed by atoms with Gasteiger partial charge >= 0.3 is 5.97 Å². The molecular weight excluding hydrogens is 417 g/mol. The van der Waals surface area contributed by atoms with Crippen LogP contribution in [0.15, 0.2) is 47.3 Å². The lowest BCUT2D eigenvalue weighted by Crippen LogP contribution is -2.32. The van der Waals surface area contributed by atoms with Crippen molar-refractivity contribution in [2.75, 3.05) is 6.61 Å². The topological polar surface area (TPSA) is 90.3 Å². The maximum Gasteiger partial charge on any atom is 0.359 e. The van der Waals surface area contributed by atoms with Crippen molar-refractivity contribution >= 4 is 45.9 Å². The Balaban J connectivity index is 1.69. The van der Waals surface area contributed by atoms with E-state index in [1.165, 1.54) is 7.05 Å². The van der Waals surface area contributed by atoms with E-state index in [1.807, 2.05) is 0 Å². The Kier molecular flexibility index (Phi) is 6.20. The predicted molar refractivity (Wildman–Crippen MR) is 110 cm³/mol. The van der Waals surface area contributed by atoms with Crippen molar-refractivity contribution in [3.63, 3.8) is 0 Å². The fourth-order valence-corrected chi connectivity index (χ4v) is 3.44. The summed E-state index contributed by atoms with van der Waals surface area (Å²) in [6, 6.07) is 11.1. The lowest BCUT2D eigenvalue weighted by molar-refractivity contribution is -0.124. The van der Waals surface area contributed by atoms with Crippen molar-refractivity contribution in [3.8, 4) is 0 Å². The number of carbonyl (C=O) groups excluding carboxylic acids is 2. The molecule has 3 aromatic rings. The highest BCUT2D eigenvalue weighted by atomic mass is 35.5. The second kappa shape index (κ2) is 8.63. The number of benzene rings is 2. The molecular formula is C20H17Cl2N3O4. The van der Waals surface area contributed by atoms with Gasteiger partial charge in [-0.25, -0.2) is 9.48 Å². The molecule has 1 atom stereocenters. The standard InChI is InChI=1S/C20H17Cl2N3O4/c1-11(13-8-7-12(21)9-16(13)22)23-17(26)10-29-20(28)18-14-5-3-4-6-15(14)19(27)25(2)24-18/h3-9,11H,10H2,1-2H3,(H,23,26). The third-order valence-corrected chi connectivity index (χ3v) is 4.85. The molecule has 0 aliphatic heterocycles. The van der Waals surface area contributed by atoms with Gasteiger partial charge in [-0.15, -0.1) is 0 Å². The van der Waals surface area contributed by atoms with Gasteiger partial charge in [-0.3, -0.25) is 9.59 Å². The van der Waals surface area contributed by atoms with Crippen LogP contribution in [-0.2, 0) is 16.6 Å². The first-order valence-corrected chi connectivity index (χ1v) is 9.41. The van der Waals surface area contributed by atoms with Crippen LogP contribution in [0.25, 0.3) is 10.8 Å². The molecule has 0 bridgehead atoms. The number of ether oxygens (including phenoxy) is 1. The molecule has 2 aromatic carbocycles. The van der Waals surface area contributed by atoms with Crippen molar-refractivity contribution in [2.45, 2.75) is 13.0 Å². The van der Waals surface area contributed by atoms with Crippen LogP contribution in [0.4, 0.5) is 0 Å². The van der Waals surface area contributed by atoms with E-state index in [4.69, 9.17) is 27.9 Å². The SMILES string of the molecule is CC(NC(=O)COC(=O)c1nn(C)c(=O)c2ccccc12)c1ccc(Cl)cc1Cl. The predicted octanol–water partition coefficient (Wildman–Crippen LogP) is 3.27. The van der Waals surface area contributed by atoms with Crippen LogP contribution in [0.1, 0.15) is 29.0 Å². The number of hydrogen-bond acceptors (Lipinski definition) is 5. The summed E-state index contributed by atoms with van der Waals surface area (Å²) in [5, 5.41) is 8.29. The second-order valence-electron chi connectivity index (χ2n) is 6.35. The van der Waals surface area contributed by atoms with E-state index < -0.39 is 24.5 Å². The number of rotatable bonds is 5. The summed E-state index contributed by atoms with van der Waals surface area (Å²) in [4.78, 5) is 36.8. The Morgan fingerprint density at radius 3 is 2.55 bits per heavy atom. The zero-order valence-electron chi connectivity index (χ0n) is 15.6. The van der Waals surface area contributed by atoms with Crippen molar-refractivity contribution in [1.29, 1.82) is 0 Å². The number of nitrogens with zero attached hydrogens (tertiary/aromatic N) is 2. The number of nitrogens with one attached hydrogen (secondary N) is 1. The normalized spacial score (nSPS) is 11.9. The molecule has 1 N–H and O–H groups in total. The van der Waals surface area contributed by atoms with Crippen molar-refractivity contribution < 1.29 is 14.3 Å². The number of esters is 1. The molecule has 3 rings (SSSR count). The van der Waals surface area contributed by atoms with Gasteiger partial charge in [0.1, 0.15) is 0 Å². The van der Waals surface area contributed by atoms with E-state index in [-0.39, 0.29) is 11.3 Å². The molecule has 1 amide bonds. The molecule has 0 saturated heterocycles. The van der Waals surface area contributed by atoms with Crippen LogP contribution in [0, 0.1) is 0 Å². The van der Waals surface area contributed by atoms with Gasteiger partial charge in [-0.2, -0.15) is 5.10 Å². The number of carbonyl (C=O) groups is 2. The van der Waals surface area contributed by atoms with Gasteiger partial charge in [-0.05, 0) is 30.7 Å². The van der Waals surface area contributed by atoms with Gasteiger partial charge < -0.3 is 10.1 Å². The van der Waals surface area contributed by atoms with Crippen LogP contribution >= 0.6 is 23.2 Å². The maximum atomic E-state index is 12.5. The molecule has 0 aliphatic carbocycles. The van der Waals surface area contributed by atoms with E-state index in [9.17, 15) is 14.4 Å². The number of amides is 1. The lowest BCUT2D eigenvalue weighted by Gasteiger charge is -2.16. The lowest BCUT2D eigenvalue weighted by atomic mass is 10.1. The summed E-state index contributed by atoms with van der Waals surface area (Å²) >= 11 is 12.0. The third-order valence-electron chi connectivity index (χ3n) is 4.29. The van der Waals surface area contributed by atoms with Crippen LogP contribution in [0.3, 0.4) is 0 Å². The number of aromatic nitrogens is 2. The van der Waals surface area contributed by atoms with Crippen molar-refractivity contribution in [3.05, 3.63) is 74.1 Å². The first kappa shape index (κ1) is 20.8. The van der Waals surface area contributed by atoms with Gasteiger partial charge in [0.2, 0.25) is 0 Å².